The summed E-state index contributed by atoms with van der Waals surface area (Å²) in [6.45, 7) is 0.258. The van der Waals surface area contributed by atoms with Crippen molar-refractivity contribution >= 4 is 24.2 Å². The molecule has 0 radical (unpaired) electrons. The van der Waals surface area contributed by atoms with E-state index < -0.39 is 17.5 Å². The van der Waals surface area contributed by atoms with Crippen molar-refractivity contribution in [3.05, 3.63) is 76.6 Å². The summed E-state index contributed by atoms with van der Waals surface area (Å²) in [7, 11) is 0. The first-order valence-corrected chi connectivity index (χ1v) is 8.28. The predicted octanol–water partition coefficient (Wildman–Crippen LogP) is 4.17. The number of hydrogen-bond acceptors (Lipinski definition) is 4. The second-order valence-corrected chi connectivity index (χ2v) is 6.56. The Bertz CT molecular complexity index is 934. The normalized spacial score (nSPS) is 22.2. The average molecular weight is 380 g/mol. The van der Waals surface area contributed by atoms with Gasteiger partial charge in [0.15, 0.2) is 5.16 Å². The number of halogens is 3. The van der Waals surface area contributed by atoms with E-state index in [-0.39, 0.29) is 17.4 Å². The van der Waals surface area contributed by atoms with Crippen molar-refractivity contribution in [2.45, 2.75) is 23.4 Å². The van der Waals surface area contributed by atoms with Crippen molar-refractivity contribution in [2.24, 2.45) is 0 Å². The van der Waals surface area contributed by atoms with Crippen LogP contribution in [0.4, 0.5) is 8.78 Å². The summed E-state index contributed by atoms with van der Waals surface area (Å²) >= 11 is 10.1. The molecule has 1 fully saturated rings. The largest absolute Gasteiger partial charge is 0.354 e. The van der Waals surface area contributed by atoms with Crippen molar-refractivity contribution in [1.29, 1.82) is 0 Å². The standard InChI is InChI=1S/C17H12ClF2N3OS/c18-13-3-1-2-12(14(13)20)15-17(24-15,8-23-16(25)21-9-22-23)10-4-6-11(19)7-5-10/h1-7,9,15H,8H2,(H,21,22,25). The van der Waals surface area contributed by atoms with Gasteiger partial charge in [-0.3, -0.25) is 0 Å². The molecule has 4 nitrogen and oxygen atoms in total. The van der Waals surface area contributed by atoms with E-state index in [0.717, 1.165) is 0 Å². The molecule has 25 heavy (non-hydrogen) atoms. The fourth-order valence-corrected chi connectivity index (χ4v) is 3.32. The van der Waals surface area contributed by atoms with E-state index in [1.165, 1.54) is 24.5 Å². The molecule has 0 bridgehead atoms. The van der Waals surface area contributed by atoms with Crippen LogP contribution in [0.25, 0.3) is 0 Å². The van der Waals surface area contributed by atoms with Gasteiger partial charge in [0.1, 0.15) is 29.7 Å². The van der Waals surface area contributed by atoms with Crippen LogP contribution >= 0.6 is 24.2 Å². The average Bonchev–Trinajstić information content (AvgIpc) is 3.18. The molecule has 1 aliphatic heterocycles. The molecule has 1 aliphatic rings. The van der Waals surface area contributed by atoms with Crippen LogP contribution < -0.4 is 0 Å². The zero-order chi connectivity index (χ0) is 17.6. The molecule has 8 heteroatoms. The first kappa shape index (κ1) is 16.5. The molecular formula is C17H12ClF2N3OS. The number of hydrogen-bond donors (Lipinski definition) is 1. The minimum atomic E-state index is -0.898. The molecular weight excluding hydrogens is 368 g/mol. The lowest BCUT2D eigenvalue weighted by Gasteiger charge is -2.15. The molecule has 1 aromatic heterocycles. The fourth-order valence-electron chi connectivity index (χ4n) is 2.97. The second kappa shape index (κ2) is 6.09. The van der Waals surface area contributed by atoms with Gasteiger partial charge in [0.05, 0.1) is 11.6 Å². The number of benzene rings is 2. The van der Waals surface area contributed by atoms with Crippen LogP contribution in [0.1, 0.15) is 17.2 Å². The topological polar surface area (TPSA) is 43.2 Å². The highest BCUT2D eigenvalue weighted by Crippen LogP contribution is 2.58. The minimum absolute atomic E-state index is 0.0247. The highest BCUT2D eigenvalue weighted by atomic mass is 35.5. The van der Waals surface area contributed by atoms with Gasteiger partial charge in [0.25, 0.3) is 0 Å². The van der Waals surface area contributed by atoms with Crippen molar-refractivity contribution in [2.75, 3.05) is 0 Å². The van der Waals surface area contributed by atoms with Gasteiger partial charge in [0.2, 0.25) is 0 Å². The van der Waals surface area contributed by atoms with E-state index in [1.54, 1.807) is 28.9 Å². The summed E-state index contributed by atoms with van der Waals surface area (Å²) in [6, 6.07) is 10.7. The van der Waals surface area contributed by atoms with Crippen LogP contribution in [0.15, 0.2) is 53.9 Å². The molecule has 0 N–H and O–H groups in total. The third-order valence-electron chi connectivity index (χ3n) is 4.27. The Labute approximate surface area is 152 Å². The lowest BCUT2D eigenvalue weighted by Crippen LogP contribution is -2.20. The third kappa shape index (κ3) is 2.82. The zero-order valence-corrected chi connectivity index (χ0v) is 14.4. The number of nitrogens with zero attached hydrogens (tertiary/aromatic N) is 3. The maximum Gasteiger partial charge on any atom is 0.183 e. The van der Waals surface area contributed by atoms with E-state index >= 15 is 0 Å². The summed E-state index contributed by atoms with van der Waals surface area (Å²) in [5.41, 5.74) is 0.156. The fraction of sp³-hybridized carbons (Fsp3) is 0.176. The van der Waals surface area contributed by atoms with Gasteiger partial charge in [0, 0.05) is 5.56 Å². The van der Waals surface area contributed by atoms with Crippen LogP contribution in [0, 0.1) is 11.6 Å². The molecule has 0 spiro atoms. The van der Waals surface area contributed by atoms with E-state index in [2.05, 4.69) is 22.7 Å². The van der Waals surface area contributed by atoms with Crippen molar-refractivity contribution in [3.63, 3.8) is 0 Å². The molecule has 2 aromatic carbocycles. The molecule has 3 aromatic rings. The zero-order valence-electron chi connectivity index (χ0n) is 12.7. The maximum atomic E-state index is 14.5. The minimum Gasteiger partial charge on any atom is -0.354 e. The van der Waals surface area contributed by atoms with Crippen LogP contribution in [-0.2, 0) is 16.9 Å². The number of rotatable bonds is 4. The van der Waals surface area contributed by atoms with Crippen molar-refractivity contribution in [3.8, 4) is 0 Å². The molecule has 0 aliphatic carbocycles. The van der Waals surface area contributed by atoms with Gasteiger partial charge >= 0.3 is 0 Å². The van der Waals surface area contributed by atoms with Gasteiger partial charge in [-0.15, -0.1) is 12.6 Å². The Hall–Kier alpha value is -1.96. The van der Waals surface area contributed by atoms with E-state index in [0.29, 0.717) is 16.3 Å². The Balaban J connectivity index is 1.77. The van der Waals surface area contributed by atoms with Crippen LogP contribution in [0.2, 0.25) is 5.02 Å². The van der Waals surface area contributed by atoms with Gasteiger partial charge in [-0.2, -0.15) is 5.10 Å². The Morgan fingerprint density at radius 3 is 2.64 bits per heavy atom. The van der Waals surface area contributed by atoms with E-state index in [9.17, 15) is 8.78 Å². The molecule has 2 heterocycles. The number of aromatic nitrogens is 3. The van der Waals surface area contributed by atoms with Crippen molar-refractivity contribution < 1.29 is 13.5 Å². The highest BCUT2D eigenvalue weighted by Gasteiger charge is 2.60. The van der Waals surface area contributed by atoms with Crippen LogP contribution in [0.5, 0.6) is 0 Å². The van der Waals surface area contributed by atoms with Crippen LogP contribution in [0.3, 0.4) is 0 Å². The molecule has 0 saturated carbocycles. The summed E-state index contributed by atoms with van der Waals surface area (Å²) < 4.78 is 35.3. The maximum absolute atomic E-state index is 14.5. The Morgan fingerprint density at radius 1 is 1.20 bits per heavy atom. The Morgan fingerprint density at radius 2 is 1.96 bits per heavy atom. The number of epoxide rings is 1. The first-order valence-electron chi connectivity index (χ1n) is 7.46. The van der Waals surface area contributed by atoms with E-state index in [1.807, 2.05) is 0 Å². The molecule has 2 unspecified atom stereocenters. The number of ether oxygens (including phenoxy) is 1. The lowest BCUT2D eigenvalue weighted by atomic mass is 9.91. The lowest BCUT2D eigenvalue weighted by molar-refractivity contribution is 0.256. The smallest absolute Gasteiger partial charge is 0.183 e. The summed E-state index contributed by atoms with van der Waals surface area (Å²) in [5, 5.41) is 4.54. The summed E-state index contributed by atoms with van der Waals surface area (Å²) in [6.07, 6.45) is 0.798. The number of thiol groups is 1. The predicted molar refractivity (Wildman–Crippen MR) is 90.6 cm³/mol. The monoisotopic (exact) mass is 379 g/mol. The first-order chi connectivity index (χ1) is 12.0. The Kier molecular flexibility index (Phi) is 4.02. The molecule has 1 saturated heterocycles. The quantitative estimate of drug-likeness (QED) is 0.546. The van der Waals surface area contributed by atoms with Gasteiger partial charge < -0.3 is 4.74 Å². The third-order valence-corrected chi connectivity index (χ3v) is 4.91. The molecule has 0 amide bonds. The van der Waals surface area contributed by atoms with Gasteiger partial charge in [-0.25, -0.2) is 18.4 Å². The van der Waals surface area contributed by atoms with E-state index in [4.69, 9.17) is 16.3 Å². The SMILES string of the molecule is Fc1ccc(C2(Cn3ncnc3S)OC2c2cccc(Cl)c2F)cc1. The highest BCUT2D eigenvalue weighted by molar-refractivity contribution is 7.80. The summed E-state index contributed by atoms with van der Waals surface area (Å²) in [5.74, 6) is -0.886. The molecule has 4 rings (SSSR count). The second-order valence-electron chi connectivity index (χ2n) is 5.76. The molecule has 2 atom stereocenters. The molecule has 128 valence electrons. The van der Waals surface area contributed by atoms with Crippen LogP contribution in [-0.4, -0.2) is 14.8 Å². The van der Waals surface area contributed by atoms with Crippen molar-refractivity contribution in [1.82, 2.24) is 14.8 Å². The summed E-state index contributed by atoms with van der Waals surface area (Å²) in [4.78, 5) is 3.97. The van der Waals surface area contributed by atoms with Gasteiger partial charge in [-0.05, 0) is 23.8 Å². The van der Waals surface area contributed by atoms with Gasteiger partial charge in [-0.1, -0.05) is 35.9 Å².